The van der Waals surface area contributed by atoms with E-state index < -0.39 is 0 Å². The molecule has 0 aliphatic carbocycles. The summed E-state index contributed by atoms with van der Waals surface area (Å²) < 4.78 is 6.95. The maximum atomic E-state index is 6.04. The van der Waals surface area contributed by atoms with Crippen LogP contribution in [-0.4, -0.2) is 23.5 Å². The number of rotatable bonds is 7. The van der Waals surface area contributed by atoms with E-state index in [-0.39, 0.29) is 6.04 Å². The number of nitrogens with zero attached hydrogens (tertiary/aromatic N) is 2. The van der Waals surface area contributed by atoms with E-state index in [4.69, 9.17) is 10.5 Å². The van der Waals surface area contributed by atoms with E-state index in [1.54, 1.807) is 7.11 Å². The van der Waals surface area contributed by atoms with E-state index in [1.807, 2.05) is 17.1 Å². The molecule has 0 bridgehead atoms. The third kappa shape index (κ3) is 4.01. The van der Waals surface area contributed by atoms with Gasteiger partial charge in [0.05, 0.1) is 6.20 Å². The van der Waals surface area contributed by atoms with Gasteiger partial charge in [0, 0.05) is 38.1 Å². The van der Waals surface area contributed by atoms with Crippen molar-refractivity contribution >= 4 is 0 Å². The van der Waals surface area contributed by atoms with E-state index in [1.165, 1.54) is 0 Å². The van der Waals surface area contributed by atoms with Gasteiger partial charge in [-0.15, -0.1) is 0 Å². The van der Waals surface area contributed by atoms with Crippen LogP contribution >= 0.6 is 0 Å². The molecule has 4 nitrogen and oxygen atoms in total. The summed E-state index contributed by atoms with van der Waals surface area (Å²) in [7, 11) is 1.71. The second-order valence-electron chi connectivity index (χ2n) is 3.78. The Bertz CT molecular complexity index is 273. The zero-order valence-electron chi connectivity index (χ0n) is 9.65. The van der Waals surface area contributed by atoms with Gasteiger partial charge < -0.3 is 10.5 Å². The minimum atomic E-state index is 0.0887. The lowest BCUT2D eigenvalue weighted by atomic mass is 10.1. The van der Waals surface area contributed by atoms with Crippen molar-refractivity contribution in [3.8, 4) is 0 Å². The molecule has 0 saturated carbocycles. The van der Waals surface area contributed by atoms with Crippen LogP contribution in [-0.2, 0) is 11.3 Å². The molecule has 1 unspecified atom stereocenters. The molecule has 1 rings (SSSR count). The van der Waals surface area contributed by atoms with E-state index in [2.05, 4.69) is 12.0 Å². The Kier molecular flexibility index (Phi) is 5.36. The van der Waals surface area contributed by atoms with Gasteiger partial charge in [-0.2, -0.15) is 5.10 Å². The van der Waals surface area contributed by atoms with Gasteiger partial charge in [0.15, 0.2) is 0 Å². The monoisotopic (exact) mass is 211 g/mol. The van der Waals surface area contributed by atoms with Crippen LogP contribution in [0.2, 0.25) is 0 Å². The Morgan fingerprint density at radius 3 is 3.07 bits per heavy atom. The molecule has 2 N–H and O–H groups in total. The molecule has 1 atom stereocenters. The highest BCUT2D eigenvalue weighted by Gasteiger charge is 2.07. The predicted molar refractivity (Wildman–Crippen MR) is 60.6 cm³/mol. The first-order valence-corrected chi connectivity index (χ1v) is 5.54. The summed E-state index contributed by atoms with van der Waals surface area (Å²) in [4.78, 5) is 0. The molecule has 0 fully saturated rings. The third-order valence-corrected chi connectivity index (χ3v) is 2.40. The van der Waals surface area contributed by atoms with Gasteiger partial charge in [-0.05, 0) is 19.3 Å². The van der Waals surface area contributed by atoms with Crippen LogP contribution in [0.4, 0.5) is 0 Å². The van der Waals surface area contributed by atoms with Gasteiger partial charge in [0.25, 0.3) is 0 Å². The molecule has 86 valence electrons. The molecule has 0 aromatic carbocycles. The molecule has 1 heterocycles. The second kappa shape index (κ2) is 6.58. The molecule has 15 heavy (non-hydrogen) atoms. The van der Waals surface area contributed by atoms with E-state index >= 15 is 0 Å². The van der Waals surface area contributed by atoms with Gasteiger partial charge >= 0.3 is 0 Å². The summed E-state index contributed by atoms with van der Waals surface area (Å²) in [5, 5.41) is 4.26. The topological polar surface area (TPSA) is 53.1 Å². The number of methoxy groups -OCH3 is 1. The highest BCUT2D eigenvalue weighted by atomic mass is 16.5. The average Bonchev–Trinajstić information content (AvgIpc) is 2.67. The number of ether oxygens (including phenoxy) is 1. The van der Waals surface area contributed by atoms with Gasteiger partial charge in [-0.3, -0.25) is 4.68 Å². The molecule has 0 aliphatic rings. The van der Waals surface area contributed by atoms with Crippen molar-refractivity contribution in [1.82, 2.24) is 9.78 Å². The molecule has 0 spiro atoms. The quantitative estimate of drug-likeness (QED) is 0.699. The Hall–Kier alpha value is -0.870. The zero-order valence-corrected chi connectivity index (χ0v) is 9.65. The first kappa shape index (κ1) is 12.2. The third-order valence-electron chi connectivity index (χ3n) is 2.40. The van der Waals surface area contributed by atoms with E-state index in [9.17, 15) is 0 Å². The average molecular weight is 211 g/mol. The van der Waals surface area contributed by atoms with Crippen LogP contribution in [0.1, 0.15) is 37.8 Å². The Morgan fingerprint density at radius 2 is 2.40 bits per heavy atom. The van der Waals surface area contributed by atoms with Crippen LogP contribution in [0.25, 0.3) is 0 Å². The van der Waals surface area contributed by atoms with E-state index in [0.717, 1.165) is 38.0 Å². The smallest absolute Gasteiger partial charge is 0.0537 e. The van der Waals surface area contributed by atoms with Crippen molar-refractivity contribution in [2.75, 3.05) is 13.7 Å². The first-order valence-electron chi connectivity index (χ1n) is 5.54. The first-order chi connectivity index (χ1) is 7.27. The predicted octanol–water partition coefficient (Wildman–Crippen LogP) is 1.72. The van der Waals surface area contributed by atoms with Crippen LogP contribution in [0, 0.1) is 0 Å². The van der Waals surface area contributed by atoms with Gasteiger partial charge in [-0.25, -0.2) is 0 Å². The minimum absolute atomic E-state index is 0.0887. The largest absolute Gasteiger partial charge is 0.385 e. The van der Waals surface area contributed by atoms with Crippen molar-refractivity contribution in [1.29, 1.82) is 0 Å². The fourth-order valence-corrected chi connectivity index (χ4v) is 1.54. The van der Waals surface area contributed by atoms with Crippen LogP contribution in [0.15, 0.2) is 12.4 Å². The minimum Gasteiger partial charge on any atom is -0.385 e. The lowest BCUT2D eigenvalue weighted by Crippen LogP contribution is -2.10. The zero-order chi connectivity index (χ0) is 11.1. The van der Waals surface area contributed by atoms with Crippen LogP contribution in [0.3, 0.4) is 0 Å². The lowest BCUT2D eigenvalue weighted by molar-refractivity contribution is 0.190. The molecule has 0 saturated heterocycles. The van der Waals surface area contributed by atoms with Crippen molar-refractivity contribution in [2.24, 2.45) is 5.73 Å². The van der Waals surface area contributed by atoms with Crippen LogP contribution < -0.4 is 5.73 Å². The van der Waals surface area contributed by atoms with Crippen molar-refractivity contribution in [3.63, 3.8) is 0 Å². The number of hydrogen-bond donors (Lipinski definition) is 1. The highest BCUT2D eigenvalue weighted by Crippen LogP contribution is 2.14. The maximum Gasteiger partial charge on any atom is 0.0537 e. The van der Waals surface area contributed by atoms with Gasteiger partial charge in [0.2, 0.25) is 0 Å². The van der Waals surface area contributed by atoms with Crippen LogP contribution in [0.5, 0.6) is 0 Å². The molecule has 0 radical (unpaired) electrons. The maximum absolute atomic E-state index is 6.04. The summed E-state index contributed by atoms with van der Waals surface area (Å²) in [5.74, 6) is 0. The summed E-state index contributed by atoms with van der Waals surface area (Å²) in [6.07, 6.45) is 6.95. The fourth-order valence-electron chi connectivity index (χ4n) is 1.54. The molecular formula is C11H21N3O. The summed E-state index contributed by atoms with van der Waals surface area (Å²) in [5.41, 5.74) is 7.16. The molecular weight excluding hydrogens is 190 g/mol. The molecule has 1 aromatic rings. The molecule has 1 aromatic heterocycles. The second-order valence-corrected chi connectivity index (χ2v) is 3.78. The Labute approximate surface area is 91.4 Å². The van der Waals surface area contributed by atoms with Crippen molar-refractivity contribution < 1.29 is 4.74 Å². The summed E-state index contributed by atoms with van der Waals surface area (Å²) in [6, 6.07) is 0.0887. The number of aromatic nitrogens is 2. The Balaban J connectivity index is 2.39. The number of nitrogens with two attached hydrogens (primary N) is 1. The van der Waals surface area contributed by atoms with Crippen molar-refractivity contribution in [2.45, 2.75) is 38.8 Å². The molecule has 0 amide bonds. The SMILES string of the molecule is CCCn1cc(C(N)CCCOC)cn1. The number of aryl methyl sites for hydroxylation is 1. The normalized spacial score (nSPS) is 13.0. The van der Waals surface area contributed by atoms with E-state index in [0.29, 0.717) is 0 Å². The summed E-state index contributed by atoms with van der Waals surface area (Å²) >= 11 is 0. The van der Waals surface area contributed by atoms with Gasteiger partial charge in [-0.1, -0.05) is 6.92 Å². The van der Waals surface area contributed by atoms with Crippen molar-refractivity contribution in [3.05, 3.63) is 18.0 Å². The fraction of sp³-hybridized carbons (Fsp3) is 0.727. The standard InChI is InChI=1S/C11H21N3O/c1-3-6-14-9-10(8-13-14)11(12)5-4-7-15-2/h8-9,11H,3-7,12H2,1-2H3. The Morgan fingerprint density at radius 1 is 1.60 bits per heavy atom. The lowest BCUT2D eigenvalue weighted by Gasteiger charge is -2.08. The molecule has 0 aliphatic heterocycles. The molecule has 4 heteroatoms. The number of hydrogen-bond acceptors (Lipinski definition) is 3. The highest BCUT2D eigenvalue weighted by molar-refractivity contribution is 5.09. The summed E-state index contributed by atoms with van der Waals surface area (Å²) in [6.45, 7) is 3.88. The van der Waals surface area contributed by atoms with Gasteiger partial charge in [0.1, 0.15) is 0 Å².